The van der Waals surface area contributed by atoms with Gasteiger partial charge in [0.1, 0.15) is 9.96 Å². The van der Waals surface area contributed by atoms with Gasteiger partial charge in [-0.2, -0.15) is 0 Å². The van der Waals surface area contributed by atoms with E-state index in [0.717, 1.165) is 34.6 Å². The average Bonchev–Trinajstić information content (AvgIpc) is 3.28. The van der Waals surface area contributed by atoms with Gasteiger partial charge in [-0.3, -0.25) is 9.52 Å². The molecular weight excluding hydrogens is 420 g/mol. The number of hydrogen-bond acceptors (Lipinski definition) is 5. The smallest absolute Gasteiger partial charge is 0.271 e. The van der Waals surface area contributed by atoms with Crippen molar-refractivity contribution < 1.29 is 17.9 Å². The zero-order chi connectivity index (χ0) is 21.7. The Morgan fingerprint density at radius 3 is 2.43 bits per heavy atom. The topological polar surface area (TPSA) is 84.5 Å². The van der Waals surface area contributed by atoms with Crippen LogP contribution in [0, 0.1) is 6.92 Å². The van der Waals surface area contributed by atoms with Gasteiger partial charge in [0.15, 0.2) is 0 Å². The average molecular weight is 445 g/mol. The van der Waals surface area contributed by atoms with Crippen molar-refractivity contribution in [1.82, 2.24) is 5.32 Å². The second-order valence-corrected chi connectivity index (χ2v) is 9.64. The summed E-state index contributed by atoms with van der Waals surface area (Å²) in [5.74, 6) is 0.587. The van der Waals surface area contributed by atoms with Crippen LogP contribution in [0.3, 0.4) is 0 Å². The van der Waals surface area contributed by atoms with Crippen molar-refractivity contribution in [3.05, 3.63) is 76.7 Å². The summed E-state index contributed by atoms with van der Waals surface area (Å²) in [5, 5.41) is 4.74. The highest BCUT2D eigenvalue weighted by atomic mass is 32.2. The van der Waals surface area contributed by atoms with Crippen molar-refractivity contribution in [2.45, 2.75) is 30.5 Å². The Morgan fingerprint density at radius 1 is 1.13 bits per heavy atom. The quantitative estimate of drug-likeness (QED) is 0.525. The first-order valence-electron chi connectivity index (χ1n) is 9.46. The van der Waals surface area contributed by atoms with Crippen molar-refractivity contribution >= 4 is 33.0 Å². The lowest BCUT2D eigenvalue weighted by atomic mass is 10.0. The molecule has 0 fully saturated rings. The van der Waals surface area contributed by atoms with Gasteiger partial charge in [-0.1, -0.05) is 25.1 Å². The first-order chi connectivity index (χ1) is 14.3. The minimum absolute atomic E-state index is 0.140. The third-order valence-corrected chi connectivity index (χ3v) is 7.47. The van der Waals surface area contributed by atoms with Gasteiger partial charge in [-0.05, 0) is 66.2 Å². The lowest BCUT2D eigenvalue weighted by Crippen LogP contribution is -2.28. The number of thiophene rings is 1. The maximum absolute atomic E-state index is 12.7. The van der Waals surface area contributed by atoms with Gasteiger partial charge in [-0.25, -0.2) is 8.42 Å². The Balaban J connectivity index is 1.70. The number of sulfonamides is 1. The first-order valence-corrected chi connectivity index (χ1v) is 11.8. The van der Waals surface area contributed by atoms with Gasteiger partial charge in [0, 0.05) is 11.3 Å². The fourth-order valence-corrected chi connectivity index (χ4v) is 5.14. The molecule has 1 heterocycles. The molecule has 1 amide bonds. The molecule has 1 atom stereocenters. The molecule has 0 aliphatic rings. The monoisotopic (exact) mass is 444 g/mol. The predicted octanol–water partition coefficient (Wildman–Crippen LogP) is 4.75. The second kappa shape index (κ2) is 9.32. The number of hydrogen-bond donors (Lipinski definition) is 2. The molecule has 30 heavy (non-hydrogen) atoms. The maximum Gasteiger partial charge on any atom is 0.271 e. The molecule has 158 valence electrons. The molecule has 0 saturated carbocycles. The summed E-state index contributed by atoms with van der Waals surface area (Å²) >= 11 is 1.15. The molecule has 6 nitrogen and oxygen atoms in total. The Hall–Kier alpha value is -2.84. The van der Waals surface area contributed by atoms with E-state index in [1.165, 1.54) is 0 Å². The van der Waals surface area contributed by atoms with Crippen LogP contribution >= 0.6 is 11.3 Å². The molecule has 8 heteroatoms. The van der Waals surface area contributed by atoms with Gasteiger partial charge in [0.05, 0.1) is 13.2 Å². The van der Waals surface area contributed by atoms with E-state index in [9.17, 15) is 13.2 Å². The normalized spacial score (nSPS) is 12.2. The number of carbonyl (C=O) groups is 1. The SMILES string of the molecule is CC[C@H](NC(=O)c1ccc(NS(=O)(=O)c2cccs2)cc1)c1ccc(OC)c(C)c1. The van der Waals surface area contributed by atoms with Gasteiger partial charge in [-0.15, -0.1) is 11.3 Å². The van der Waals surface area contributed by atoms with Crippen LogP contribution < -0.4 is 14.8 Å². The van der Waals surface area contributed by atoms with E-state index in [4.69, 9.17) is 4.74 Å². The zero-order valence-electron chi connectivity index (χ0n) is 17.0. The van der Waals surface area contributed by atoms with Crippen LogP contribution in [0.4, 0.5) is 5.69 Å². The Bertz CT molecular complexity index is 1110. The number of carbonyl (C=O) groups excluding carboxylic acids is 1. The fraction of sp³-hybridized carbons (Fsp3) is 0.227. The standard InChI is InChI=1S/C22H24N2O4S2/c1-4-19(17-9-12-20(28-3)15(2)14-17)23-22(25)16-7-10-18(11-8-16)24-30(26,27)21-6-5-13-29-21/h5-14,19,24H,4H2,1-3H3,(H,23,25)/t19-/m0/s1. The van der Waals surface area contributed by atoms with Crippen LogP contribution in [0.5, 0.6) is 5.75 Å². The number of amides is 1. The number of benzene rings is 2. The van der Waals surface area contributed by atoms with E-state index in [0.29, 0.717) is 11.3 Å². The molecular formula is C22H24N2O4S2. The summed E-state index contributed by atoms with van der Waals surface area (Å²) in [6.45, 7) is 3.97. The highest BCUT2D eigenvalue weighted by Crippen LogP contribution is 2.25. The zero-order valence-corrected chi connectivity index (χ0v) is 18.6. The molecule has 0 radical (unpaired) electrons. The predicted molar refractivity (Wildman–Crippen MR) is 120 cm³/mol. The summed E-state index contributed by atoms with van der Waals surface area (Å²) in [5.41, 5.74) is 2.87. The molecule has 2 aromatic carbocycles. The molecule has 2 N–H and O–H groups in total. The summed E-state index contributed by atoms with van der Waals surface area (Å²) in [4.78, 5) is 12.7. The number of methoxy groups -OCH3 is 1. The van der Waals surface area contributed by atoms with E-state index >= 15 is 0 Å². The Morgan fingerprint density at radius 2 is 1.87 bits per heavy atom. The van der Waals surface area contributed by atoms with Crippen molar-refractivity contribution in [2.24, 2.45) is 0 Å². The highest BCUT2D eigenvalue weighted by molar-refractivity contribution is 7.94. The van der Waals surface area contributed by atoms with E-state index in [1.807, 2.05) is 32.0 Å². The molecule has 0 aliphatic heterocycles. The van der Waals surface area contributed by atoms with Gasteiger partial charge < -0.3 is 10.1 Å². The lowest BCUT2D eigenvalue weighted by Gasteiger charge is -2.19. The Kier molecular flexibility index (Phi) is 6.79. The molecule has 0 unspecified atom stereocenters. The highest BCUT2D eigenvalue weighted by Gasteiger charge is 2.17. The van der Waals surface area contributed by atoms with Crippen molar-refractivity contribution in [1.29, 1.82) is 0 Å². The van der Waals surface area contributed by atoms with Crippen LogP contribution in [0.2, 0.25) is 0 Å². The van der Waals surface area contributed by atoms with Crippen molar-refractivity contribution in [2.75, 3.05) is 11.8 Å². The van der Waals surface area contributed by atoms with Gasteiger partial charge >= 0.3 is 0 Å². The van der Waals surface area contributed by atoms with Crippen LogP contribution in [0.1, 0.15) is 40.9 Å². The molecule has 3 aromatic rings. The molecule has 0 saturated heterocycles. The van der Waals surface area contributed by atoms with Crippen LogP contribution in [0.15, 0.2) is 64.2 Å². The molecule has 3 rings (SSSR count). The number of rotatable bonds is 8. The second-order valence-electron chi connectivity index (χ2n) is 6.78. The Labute approximate surface area is 181 Å². The minimum Gasteiger partial charge on any atom is -0.496 e. The molecule has 0 aliphatic carbocycles. The van der Waals surface area contributed by atoms with Crippen molar-refractivity contribution in [3.63, 3.8) is 0 Å². The summed E-state index contributed by atoms with van der Waals surface area (Å²) in [6, 6.07) is 15.3. The van der Waals surface area contributed by atoms with Crippen LogP contribution in [-0.4, -0.2) is 21.4 Å². The van der Waals surface area contributed by atoms with E-state index < -0.39 is 10.0 Å². The van der Waals surface area contributed by atoms with Crippen LogP contribution in [-0.2, 0) is 10.0 Å². The van der Waals surface area contributed by atoms with Crippen molar-refractivity contribution in [3.8, 4) is 5.75 Å². The third kappa shape index (κ3) is 5.01. The molecule has 0 spiro atoms. The minimum atomic E-state index is -3.61. The van der Waals surface area contributed by atoms with E-state index in [-0.39, 0.29) is 16.2 Å². The van der Waals surface area contributed by atoms with E-state index in [2.05, 4.69) is 10.0 Å². The summed E-state index contributed by atoms with van der Waals surface area (Å²) in [6.07, 6.45) is 0.732. The van der Waals surface area contributed by atoms with Gasteiger partial charge in [0.2, 0.25) is 0 Å². The van der Waals surface area contributed by atoms with Gasteiger partial charge in [0.25, 0.3) is 15.9 Å². The summed E-state index contributed by atoms with van der Waals surface area (Å²) < 4.78 is 32.7. The first kappa shape index (κ1) is 21.9. The molecule has 1 aromatic heterocycles. The van der Waals surface area contributed by atoms with E-state index in [1.54, 1.807) is 48.9 Å². The number of aryl methyl sites for hydroxylation is 1. The number of nitrogens with one attached hydrogen (secondary N) is 2. The largest absolute Gasteiger partial charge is 0.496 e. The molecule has 0 bridgehead atoms. The lowest BCUT2D eigenvalue weighted by molar-refractivity contribution is 0.0935. The number of ether oxygens (including phenoxy) is 1. The van der Waals surface area contributed by atoms with Crippen LogP contribution in [0.25, 0.3) is 0 Å². The summed E-state index contributed by atoms with van der Waals surface area (Å²) in [7, 11) is -1.98. The third-order valence-electron chi connectivity index (χ3n) is 4.69. The number of anilines is 1. The fourth-order valence-electron chi connectivity index (χ4n) is 3.09. The maximum atomic E-state index is 12.7.